The summed E-state index contributed by atoms with van der Waals surface area (Å²) >= 11 is 0. The second-order valence-corrected chi connectivity index (χ2v) is 6.16. The second-order valence-electron chi connectivity index (χ2n) is 6.16. The minimum absolute atomic E-state index is 0.0844. The zero-order valence-corrected chi connectivity index (χ0v) is 13.1. The van der Waals surface area contributed by atoms with E-state index in [1.165, 1.54) is 4.90 Å². The van der Waals surface area contributed by atoms with E-state index >= 15 is 0 Å². The first-order valence-electron chi connectivity index (χ1n) is 6.92. The summed E-state index contributed by atoms with van der Waals surface area (Å²) in [6, 6.07) is -1.04. The van der Waals surface area contributed by atoms with Crippen LogP contribution in [0.1, 0.15) is 40.5 Å². The van der Waals surface area contributed by atoms with Gasteiger partial charge in [0.25, 0.3) is 0 Å². The Morgan fingerprint density at radius 3 is 1.89 bits per heavy atom. The van der Waals surface area contributed by atoms with Crippen LogP contribution in [0.2, 0.25) is 0 Å². The molecule has 0 saturated heterocycles. The third kappa shape index (κ3) is 7.15. The van der Waals surface area contributed by atoms with Crippen molar-refractivity contribution < 1.29 is 9.59 Å². The van der Waals surface area contributed by atoms with E-state index in [1.807, 2.05) is 27.7 Å². The van der Waals surface area contributed by atoms with E-state index in [1.54, 1.807) is 14.1 Å². The Bertz CT molecular complexity index is 301. The Morgan fingerprint density at radius 1 is 1.05 bits per heavy atom. The molecule has 5 heteroatoms. The smallest absolute Gasteiger partial charge is 0.244 e. The first kappa shape index (κ1) is 17.9. The Kier molecular flexibility index (Phi) is 7.68. The van der Waals surface area contributed by atoms with Crippen molar-refractivity contribution in [3.8, 4) is 0 Å². The summed E-state index contributed by atoms with van der Waals surface area (Å²) < 4.78 is 0. The quantitative estimate of drug-likeness (QED) is 0.724. The van der Waals surface area contributed by atoms with Gasteiger partial charge in [0, 0.05) is 14.1 Å². The van der Waals surface area contributed by atoms with Gasteiger partial charge >= 0.3 is 0 Å². The maximum atomic E-state index is 12.0. The number of carbonyl (C=O) groups excluding carboxylic acids is 2. The highest BCUT2D eigenvalue weighted by atomic mass is 16.2. The van der Waals surface area contributed by atoms with Crippen molar-refractivity contribution in [1.82, 2.24) is 10.2 Å². The van der Waals surface area contributed by atoms with Crippen LogP contribution in [0.15, 0.2) is 0 Å². The third-order valence-electron chi connectivity index (χ3n) is 2.82. The lowest BCUT2D eigenvalue weighted by Gasteiger charge is -2.25. The number of likely N-dealkylation sites (N-methyl/N-ethyl adjacent to an activating group) is 1. The van der Waals surface area contributed by atoms with Gasteiger partial charge in [-0.3, -0.25) is 9.59 Å². The lowest BCUT2D eigenvalue weighted by atomic mass is 10.0. The van der Waals surface area contributed by atoms with Crippen LogP contribution < -0.4 is 11.1 Å². The largest absolute Gasteiger partial charge is 0.347 e. The summed E-state index contributed by atoms with van der Waals surface area (Å²) in [6.45, 7) is 8.08. The topological polar surface area (TPSA) is 75.4 Å². The van der Waals surface area contributed by atoms with Crippen LogP contribution in [-0.4, -0.2) is 42.9 Å². The molecule has 5 nitrogen and oxygen atoms in total. The molecular weight excluding hydrogens is 242 g/mol. The number of nitrogens with two attached hydrogens (primary N) is 1. The predicted molar refractivity (Wildman–Crippen MR) is 77.5 cm³/mol. The molecule has 0 aromatic heterocycles. The zero-order chi connectivity index (χ0) is 15.2. The Labute approximate surface area is 116 Å². The molecule has 0 bridgehead atoms. The van der Waals surface area contributed by atoms with Crippen LogP contribution in [0.5, 0.6) is 0 Å². The molecule has 0 heterocycles. The van der Waals surface area contributed by atoms with Gasteiger partial charge in [-0.1, -0.05) is 27.7 Å². The van der Waals surface area contributed by atoms with Crippen LogP contribution in [0.4, 0.5) is 0 Å². The summed E-state index contributed by atoms with van der Waals surface area (Å²) in [5, 5.41) is 2.78. The molecule has 0 aliphatic carbocycles. The van der Waals surface area contributed by atoms with Crippen molar-refractivity contribution in [1.29, 1.82) is 0 Å². The first-order valence-corrected chi connectivity index (χ1v) is 6.92. The number of carbonyl (C=O) groups is 2. The highest BCUT2D eigenvalue weighted by molar-refractivity contribution is 5.89. The van der Waals surface area contributed by atoms with Crippen LogP contribution in [-0.2, 0) is 9.59 Å². The summed E-state index contributed by atoms with van der Waals surface area (Å²) in [4.78, 5) is 25.5. The van der Waals surface area contributed by atoms with Gasteiger partial charge in [-0.05, 0) is 24.7 Å². The normalized spacial score (nSPS) is 14.4. The Hall–Kier alpha value is -1.10. The van der Waals surface area contributed by atoms with Gasteiger partial charge in [-0.2, -0.15) is 0 Å². The highest BCUT2D eigenvalue weighted by Gasteiger charge is 2.25. The fraction of sp³-hybridized carbons (Fsp3) is 0.857. The molecule has 112 valence electrons. The Morgan fingerprint density at radius 2 is 1.53 bits per heavy atom. The van der Waals surface area contributed by atoms with Crippen LogP contribution >= 0.6 is 0 Å². The van der Waals surface area contributed by atoms with Gasteiger partial charge in [-0.25, -0.2) is 0 Å². The average molecular weight is 271 g/mol. The molecule has 0 aromatic carbocycles. The van der Waals surface area contributed by atoms with Gasteiger partial charge < -0.3 is 16.0 Å². The summed E-state index contributed by atoms with van der Waals surface area (Å²) in [7, 11) is 3.38. The van der Waals surface area contributed by atoms with Gasteiger partial charge in [-0.15, -0.1) is 0 Å². The molecule has 0 fully saturated rings. The van der Waals surface area contributed by atoms with Crippen molar-refractivity contribution in [2.75, 3.05) is 14.1 Å². The van der Waals surface area contributed by atoms with Crippen LogP contribution in [0, 0.1) is 11.8 Å². The summed E-state index contributed by atoms with van der Waals surface area (Å²) in [5.74, 6) is 0.359. The minimum Gasteiger partial charge on any atom is -0.347 e. The van der Waals surface area contributed by atoms with Crippen LogP contribution in [0.25, 0.3) is 0 Å². The minimum atomic E-state index is -0.551. The zero-order valence-electron chi connectivity index (χ0n) is 13.1. The predicted octanol–water partition coefficient (Wildman–Crippen LogP) is 0.979. The summed E-state index contributed by atoms with van der Waals surface area (Å²) in [5.41, 5.74) is 5.84. The van der Waals surface area contributed by atoms with Crippen molar-refractivity contribution >= 4 is 11.8 Å². The van der Waals surface area contributed by atoms with Gasteiger partial charge in [0.15, 0.2) is 0 Å². The van der Waals surface area contributed by atoms with E-state index < -0.39 is 12.1 Å². The number of nitrogens with zero attached hydrogens (tertiary/aromatic N) is 1. The molecule has 0 aliphatic rings. The average Bonchev–Trinajstić information content (AvgIpc) is 2.25. The van der Waals surface area contributed by atoms with E-state index in [9.17, 15) is 9.59 Å². The van der Waals surface area contributed by atoms with Crippen molar-refractivity contribution in [2.24, 2.45) is 17.6 Å². The molecular formula is C14H29N3O2. The molecule has 2 amide bonds. The second kappa shape index (κ2) is 8.15. The van der Waals surface area contributed by atoms with Gasteiger partial charge in [0.2, 0.25) is 11.8 Å². The molecule has 0 radical (unpaired) electrons. The van der Waals surface area contributed by atoms with Gasteiger partial charge in [0.1, 0.15) is 6.04 Å². The third-order valence-corrected chi connectivity index (χ3v) is 2.82. The standard InChI is InChI=1S/C14H29N3O2/c1-9(2)7-11(15)13(18)16-12(8-10(3)4)14(19)17(5)6/h9-12H,7-8,15H2,1-6H3,(H,16,18). The van der Waals surface area contributed by atoms with E-state index in [0.717, 1.165) is 0 Å². The molecule has 0 aromatic rings. The highest BCUT2D eigenvalue weighted by Crippen LogP contribution is 2.08. The van der Waals surface area contributed by atoms with E-state index in [4.69, 9.17) is 5.73 Å². The lowest BCUT2D eigenvalue weighted by molar-refractivity contribution is -0.135. The molecule has 0 spiro atoms. The fourth-order valence-corrected chi connectivity index (χ4v) is 1.90. The number of nitrogens with one attached hydrogen (secondary N) is 1. The number of rotatable bonds is 7. The SMILES string of the molecule is CC(C)CC(N)C(=O)NC(CC(C)C)C(=O)N(C)C. The lowest BCUT2D eigenvalue weighted by Crippen LogP contribution is -2.52. The monoisotopic (exact) mass is 271 g/mol. The number of amides is 2. The van der Waals surface area contributed by atoms with Crippen LogP contribution in [0.3, 0.4) is 0 Å². The Balaban J connectivity index is 4.63. The first-order chi connectivity index (χ1) is 8.65. The molecule has 0 aliphatic heterocycles. The van der Waals surface area contributed by atoms with Crippen molar-refractivity contribution in [3.63, 3.8) is 0 Å². The molecule has 3 N–H and O–H groups in total. The summed E-state index contributed by atoms with van der Waals surface area (Å²) in [6.07, 6.45) is 1.24. The molecule has 0 rings (SSSR count). The number of hydrogen-bond donors (Lipinski definition) is 2. The number of hydrogen-bond acceptors (Lipinski definition) is 3. The molecule has 2 atom stereocenters. The fourth-order valence-electron chi connectivity index (χ4n) is 1.90. The molecule has 19 heavy (non-hydrogen) atoms. The van der Waals surface area contributed by atoms with Gasteiger partial charge in [0.05, 0.1) is 6.04 Å². The van der Waals surface area contributed by atoms with E-state index in [0.29, 0.717) is 24.7 Å². The van der Waals surface area contributed by atoms with Crippen molar-refractivity contribution in [2.45, 2.75) is 52.6 Å². The van der Waals surface area contributed by atoms with E-state index in [2.05, 4.69) is 5.32 Å². The van der Waals surface area contributed by atoms with E-state index in [-0.39, 0.29) is 11.8 Å². The maximum absolute atomic E-state index is 12.0. The van der Waals surface area contributed by atoms with Crippen molar-refractivity contribution in [3.05, 3.63) is 0 Å². The maximum Gasteiger partial charge on any atom is 0.244 e. The molecule has 2 unspecified atom stereocenters. The molecule has 0 saturated carbocycles.